The van der Waals surface area contributed by atoms with E-state index in [2.05, 4.69) is 25.8 Å². The van der Waals surface area contributed by atoms with Gasteiger partial charge in [0.15, 0.2) is 0 Å². The molecule has 0 aliphatic rings. The van der Waals surface area contributed by atoms with Gasteiger partial charge in [-0.25, -0.2) is 0 Å². The lowest BCUT2D eigenvalue weighted by Crippen LogP contribution is -2.33. The average Bonchev–Trinajstić information content (AvgIpc) is 2.02. The number of hydrogen-bond donors (Lipinski definition) is 1. The number of nitrogens with two attached hydrogens (primary N) is 1. The molecule has 0 aliphatic heterocycles. The summed E-state index contributed by atoms with van der Waals surface area (Å²) in [6, 6.07) is 0.306. The molecular weight excluding hydrogens is 160 g/mol. The van der Waals surface area contributed by atoms with Gasteiger partial charge < -0.3 is 10.6 Å². The summed E-state index contributed by atoms with van der Waals surface area (Å²) in [5.74, 6) is 0. The molecular formula is C11H26N2. The number of unbranched alkanes of at least 4 members (excludes halogenated alkanes) is 4. The zero-order valence-electron chi connectivity index (χ0n) is 9.55. The summed E-state index contributed by atoms with van der Waals surface area (Å²) in [5.41, 5.74) is 5.70. The molecule has 0 bridgehead atoms. The first-order chi connectivity index (χ1) is 6.16. The van der Waals surface area contributed by atoms with E-state index in [4.69, 9.17) is 5.73 Å². The lowest BCUT2D eigenvalue weighted by Gasteiger charge is -2.18. The highest BCUT2D eigenvalue weighted by Gasteiger charge is 2.00. The summed E-state index contributed by atoms with van der Waals surface area (Å²) in [4.78, 5) is 2.33. The fourth-order valence-corrected chi connectivity index (χ4v) is 1.57. The molecule has 0 aromatic heterocycles. The largest absolute Gasteiger partial charge is 0.327 e. The predicted molar refractivity (Wildman–Crippen MR) is 59.9 cm³/mol. The van der Waals surface area contributed by atoms with Gasteiger partial charge in [0.25, 0.3) is 0 Å². The highest BCUT2D eigenvalue weighted by atomic mass is 15.1. The van der Waals surface area contributed by atoms with Gasteiger partial charge in [-0.1, -0.05) is 32.6 Å². The van der Waals surface area contributed by atoms with Crippen LogP contribution in [0.25, 0.3) is 0 Å². The Bertz CT molecular complexity index is 102. The molecule has 80 valence electrons. The molecule has 0 radical (unpaired) electrons. The molecule has 2 N–H and O–H groups in total. The molecule has 0 spiro atoms. The van der Waals surface area contributed by atoms with Crippen molar-refractivity contribution < 1.29 is 0 Å². The van der Waals surface area contributed by atoms with Crippen LogP contribution in [-0.4, -0.2) is 31.1 Å². The van der Waals surface area contributed by atoms with Crippen molar-refractivity contribution in [2.75, 3.05) is 20.1 Å². The zero-order chi connectivity index (χ0) is 10.1. The van der Waals surface area contributed by atoms with Crippen molar-refractivity contribution in [1.82, 2.24) is 4.90 Å². The minimum Gasteiger partial charge on any atom is -0.327 e. The highest BCUT2D eigenvalue weighted by molar-refractivity contribution is 4.59. The topological polar surface area (TPSA) is 29.3 Å². The maximum absolute atomic E-state index is 5.70. The van der Waals surface area contributed by atoms with Crippen molar-refractivity contribution in [3.63, 3.8) is 0 Å². The molecule has 2 heteroatoms. The Labute approximate surface area is 83.5 Å². The van der Waals surface area contributed by atoms with E-state index in [0.717, 1.165) is 6.54 Å². The molecule has 0 fully saturated rings. The van der Waals surface area contributed by atoms with Crippen LogP contribution in [0.15, 0.2) is 0 Å². The Morgan fingerprint density at radius 3 is 2.31 bits per heavy atom. The summed E-state index contributed by atoms with van der Waals surface area (Å²) in [6.45, 7) is 6.54. The second-order valence-corrected chi connectivity index (χ2v) is 4.15. The first kappa shape index (κ1) is 12.9. The van der Waals surface area contributed by atoms with Crippen molar-refractivity contribution >= 4 is 0 Å². The molecule has 2 nitrogen and oxygen atoms in total. The lowest BCUT2D eigenvalue weighted by atomic mass is 10.1. The Kier molecular flexibility index (Phi) is 8.46. The fourth-order valence-electron chi connectivity index (χ4n) is 1.57. The Balaban J connectivity index is 3.12. The third-order valence-electron chi connectivity index (χ3n) is 2.24. The summed E-state index contributed by atoms with van der Waals surface area (Å²) >= 11 is 0. The maximum Gasteiger partial charge on any atom is 0.0139 e. The molecule has 13 heavy (non-hydrogen) atoms. The lowest BCUT2D eigenvalue weighted by molar-refractivity contribution is 0.308. The highest BCUT2D eigenvalue weighted by Crippen LogP contribution is 2.03. The van der Waals surface area contributed by atoms with E-state index in [0.29, 0.717) is 6.04 Å². The van der Waals surface area contributed by atoms with Crippen LogP contribution < -0.4 is 5.73 Å². The summed E-state index contributed by atoms with van der Waals surface area (Å²) in [7, 11) is 2.16. The van der Waals surface area contributed by atoms with Crippen molar-refractivity contribution in [3.05, 3.63) is 0 Å². The second kappa shape index (κ2) is 8.52. The van der Waals surface area contributed by atoms with Crippen LogP contribution in [0.3, 0.4) is 0 Å². The van der Waals surface area contributed by atoms with Gasteiger partial charge in [-0.3, -0.25) is 0 Å². The SMILES string of the molecule is CCCCCCCN(C)CC(C)N. The van der Waals surface area contributed by atoms with Crippen LogP contribution in [-0.2, 0) is 0 Å². The molecule has 1 atom stereocenters. The molecule has 0 rings (SSSR count). The maximum atomic E-state index is 5.70. The van der Waals surface area contributed by atoms with E-state index in [-0.39, 0.29) is 0 Å². The normalized spacial score (nSPS) is 13.6. The van der Waals surface area contributed by atoms with Gasteiger partial charge in [-0.2, -0.15) is 0 Å². The third kappa shape index (κ3) is 9.84. The van der Waals surface area contributed by atoms with Gasteiger partial charge >= 0.3 is 0 Å². The monoisotopic (exact) mass is 186 g/mol. The molecule has 0 heterocycles. The van der Waals surface area contributed by atoms with E-state index in [1.807, 2.05) is 0 Å². The molecule has 0 amide bonds. The molecule has 1 unspecified atom stereocenters. The first-order valence-corrected chi connectivity index (χ1v) is 5.61. The summed E-state index contributed by atoms with van der Waals surface area (Å²) in [6.07, 6.45) is 6.80. The number of nitrogens with zero attached hydrogens (tertiary/aromatic N) is 1. The Morgan fingerprint density at radius 1 is 1.15 bits per heavy atom. The van der Waals surface area contributed by atoms with Gasteiger partial charge in [0.1, 0.15) is 0 Å². The fraction of sp³-hybridized carbons (Fsp3) is 1.00. The smallest absolute Gasteiger partial charge is 0.0139 e. The molecule has 0 saturated carbocycles. The van der Waals surface area contributed by atoms with Crippen molar-refractivity contribution in [3.8, 4) is 0 Å². The van der Waals surface area contributed by atoms with Crippen LogP contribution in [0, 0.1) is 0 Å². The standard InChI is InChI=1S/C11H26N2/c1-4-5-6-7-8-9-13(3)10-11(2)12/h11H,4-10,12H2,1-3H3. The number of likely N-dealkylation sites (N-methyl/N-ethyl adjacent to an activating group) is 1. The van der Waals surface area contributed by atoms with E-state index in [9.17, 15) is 0 Å². The van der Waals surface area contributed by atoms with Crippen LogP contribution in [0.5, 0.6) is 0 Å². The average molecular weight is 186 g/mol. The Morgan fingerprint density at radius 2 is 1.77 bits per heavy atom. The minimum atomic E-state index is 0.306. The van der Waals surface area contributed by atoms with Crippen molar-refractivity contribution in [2.45, 2.75) is 52.0 Å². The quantitative estimate of drug-likeness (QED) is 0.589. The van der Waals surface area contributed by atoms with Gasteiger partial charge in [0, 0.05) is 12.6 Å². The second-order valence-electron chi connectivity index (χ2n) is 4.15. The molecule has 0 aliphatic carbocycles. The van der Waals surface area contributed by atoms with E-state index in [1.54, 1.807) is 0 Å². The Hall–Kier alpha value is -0.0800. The van der Waals surface area contributed by atoms with E-state index < -0.39 is 0 Å². The number of hydrogen-bond acceptors (Lipinski definition) is 2. The zero-order valence-corrected chi connectivity index (χ0v) is 9.55. The van der Waals surface area contributed by atoms with Crippen molar-refractivity contribution in [1.29, 1.82) is 0 Å². The van der Waals surface area contributed by atoms with Crippen LogP contribution >= 0.6 is 0 Å². The van der Waals surface area contributed by atoms with Gasteiger partial charge in [0.2, 0.25) is 0 Å². The summed E-state index contributed by atoms with van der Waals surface area (Å²) in [5, 5.41) is 0. The van der Waals surface area contributed by atoms with Gasteiger partial charge in [0.05, 0.1) is 0 Å². The summed E-state index contributed by atoms with van der Waals surface area (Å²) < 4.78 is 0. The van der Waals surface area contributed by atoms with Crippen molar-refractivity contribution in [2.24, 2.45) is 5.73 Å². The van der Waals surface area contributed by atoms with E-state index >= 15 is 0 Å². The molecule has 0 aromatic rings. The first-order valence-electron chi connectivity index (χ1n) is 5.61. The van der Waals surface area contributed by atoms with Crippen LogP contribution in [0.1, 0.15) is 46.0 Å². The third-order valence-corrected chi connectivity index (χ3v) is 2.24. The molecule has 0 saturated heterocycles. The predicted octanol–water partition coefficient (Wildman–Crippen LogP) is 2.24. The van der Waals surface area contributed by atoms with Crippen LogP contribution in [0.2, 0.25) is 0 Å². The molecule has 0 aromatic carbocycles. The van der Waals surface area contributed by atoms with Crippen LogP contribution in [0.4, 0.5) is 0 Å². The van der Waals surface area contributed by atoms with E-state index in [1.165, 1.54) is 38.6 Å². The minimum absolute atomic E-state index is 0.306. The van der Waals surface area contributed by atoms with Gasteiger partial charge in [-0.15, -0.1) is 0 Å². The number of rotatable bonds is 8. The van der Waals surface area contributed by atoms with Gasteiger partial charge in [-0.05, 0) is 26.9 Å².